The summed E-state index contributed by atoms with van der Waals surface area (Å²) < 4.78 is 1.99. The van der Waals surface area contributed by atoms with Gasteiger partial charge in [-0.25, -0.2) is 0 Å². The maximum Gasteiger partial charge on any atom is 0.180 e. The molecule has 3 aromatic rings. The van der Waals surface area contributed by atoms with Crippen LogP contribution in [0.15, 0.2) is 24.8 Å². The van der Waals surface area contributed by atoms with Gasteiger partial charge in [0, 0.05) is 24.7 Å². The highest BCUT2D eigenvalue weighted by molar-refractivity contribution is 5.48. The van der Waals surface area contributed by atoms with Crippen molar-refractivity contribution < 1.29 is 0 Å². The Kier molecular flexibility index (Phi) is 2.83. The van der Waals surface area contributed by atoms with Crippen LogP contribution in [0, 0.1) is 6.92 Å². The maximum atomic E-state index is 4.42. The molecule has 1 aliphatic rings. The van der Waals surface area contributed by atoms with Crippen molar-refractivity contribution >= 4 is 11.5 Å². The van der Waals surface area contributed by atoms with E-state index in [0.29, 0.717) is 5.92 Å². The first kappa shape index (κ1) is 12.3. The van der Waals surface area contributed by atoms with Gasteiger partial charge in [0.25, 0.3) is 0 Å². The van der Waals surface area contributed by atoms with Gasteiger partial charge in [-0.05, 0) is 25.8 Å². The molecule has 0 saturated carbocycles. The minimum absolute atomic E-state index is 0.454. The van der Waals surface area contributed by atoms with E-state index in [1.54, 1.807) is 12.5 Å². The highest BCUT2D eigenvalue weighted by Crippen LogP contribution is 2.29. The number of nitrogens with zero attached hydrogens (tertiary/aromatic N) is 6. The average molecular weight is 283 g/mol. The van der Waals surface area contributed by atoms with E-state index in [0.717, 1.165) is 42.4 Å². The molecule has 7 heteroatoms. The van der Waals surface area contributed by atoms with Crippen LogP contribution in [0.1, 0.15) is 30.1 Å². The number of aryl methyl sites for hydroxylation is 1. The van der Waals surface area contributed by atoms with Crippen molar-refractivity contribution in [3.8, 4) is 0 Å². The lowest BCUT2D eigenvalue weighted by Gasteiger charge is -2.33. The van der Waals surface area contributed by atoms with Crippen molar-refractivity contribution in [2.75, 3.05) is 18.0 Å². The Balaban J connectivity index is 1.65. The molecule has 4 heterocycles. The van der Waals surface area contributed by atoms with E-state index in [2.05, 4.69) is 36.3 Å². The van der Waals surface area contributed by atoms with Gasteiger partial charge in [-0.2, -0.15) is 5.10 Å². The van der Waals surface area contributed by atoms with E-state index in [4.69, 9.17) is 0 Å². The van der Waals surface area contributed by atoms with Gasteiger partial charge in [-0.1, -0.05) is 0 Å². The van der Waals surface area contributed by atoms with Crippen molar-refractivity contribution in [1.82, 2.24) is 29.8 Å². The molecule has 0 radical (unpaired) electrons. The molecule has 0 amide bonds. The van der Waals surface area contributed by atoms with Crippen LogP contribution >= 0.6 is 0 Å². The van der Waals surface area contributed by atoms with E-state index in [-0.39, 0.29) is 0 Å². The molecule has 1 atom stereocenters. The van der Waals surface area contributed by atoms with Crippen LogP contribution in [-0.4, -0.2) is 42.9 Å². The molecule has 0 aliphatic carbocycles. The monoisotopic (exact) mass is 283 g/mol. The Morgan fingerprint density at radius 1 is 1.33 bits per heavy atom. The normalized spacial score (nSPS) is 19.3. The Hall–Kier alpha value is -2.44. The number of aromatic nitrogens is 6. The molecule has 3 aromatic heterocycles. The van der Waals surface area contributed by atoms with Crippen LogP contribution in [0.3, 0.4) is 0 Å². The van der Waals surface area contributed by atoms with Gasteiger partial charge in [-0.3, -0.25) is 14.5 Å². The summed E-state index contributed by atoms with van der Waals surface area (Å²) in [5.74, 6) is 1.50. The number of hydrogen-bond donors (Lipinski definition) is 1. The first-order valence-corrected chi connectivity index (χ1v) is 7.22. The first-order chi connectivity index (χ1) is 10.3. The summed E-state index contributed by atoms with van der Waals surface area (Å²) in [5, 5.41) is 15.5. The van der Waals surface area contributed by atoms with Gasteiger partial charge < -0.3 is 4.90 Å². The van der Waals surface area contributed by atoms with Crippen molar-refractivity contribution in [1.29, 1.82) is 0 Å². The molecule has 4 rings (SSSR count). The SMILES string of the molecule is Cc1cc(C2CCCN(c3cncc4nncn34)C2)n[nH]1. The minimum Gasteiger partial charge on any atom is -0.356 e. The maximum absolute atomic E-state index is 4.42. The number of aromatic amines is 1. The van der Waals surface area contributed by atoms with Crippen molar-refractivity contribution in [3.63, 3.8) is 0 Å². The second-order valence-electron chi connectivity index (χ2n) is 5.59. The van der Waals surface area contributed by atoms with E-state index in [9.17, 15) is 0 Å². The fourth-order valence-corrected chi connectivity index (χ4v) is 3.05. The van der Waals surface area contributed by atoms with Gasteiger partial charge in [0.15, 0.2) is 5.65 Å². The largest absolute Gasteiger partial charge is 0.356 e. The van der Waals surface area contributed by atoms with Crippen LogP contribution < -0.4 is 4.90 Å². The van der Waals surface area contributed by atoms with Gasteiger partial charge in [0.1, 0.15) is 12.1 Å². The molecule has 1 N–H and O–H groups in total. The second-order valence-corrected chi connectivity index (χ2v) is 5.59. The van der Waals surface area contributed by atoms with Crippen LogP contribution in [0.25, 0.3) is 5.65 Å². The van der Waals surface area contributed by atoms with Crippen LogP contribution in [0.2, 0.25) is 0 Å². The third kappa shape index (κ3) is 2.14. The number of rotatable bonds is 2. The molecule has 108 valence electrons. The van der Waals surface area contributed by atoms with Gasteiger partial charge in [-0.15, -0.1) is 10.2 Å². The topological polar surface area (TPSA) is 75.0 Å². The van der Waals surface area contributed by atoms with Gasteiger partial charge >= 0.3 is 0 Å². The van der Waals surface area contributed by atoms with Crippen LogP contribution in [-0.2, 0) is 0 Å². The highest BCUT2D eigenvalue weighted by atomic mass is 15.3. The predicted molar refractivity (Wildman–Crippen MR) is 78.3 cm³/mol. The van der Waals surface area contributed by atoms with E-state index in [1.807, 2.05) is 17.5 Å². The molecule has 0 spiro atoms. The van der Waals surface area contributed by atoms with Gasteiger partial charge in [0.2, 0.25) is 0 Å². The molecule has 1 unspecified atom stereocenters. The van der Waals surface area contributed by atoms with Gasteiger partial charge in [0.05, 0.1) is 18.1 Å². The lowest BCUT2D eigenvalue weighted by Crippen LogP contribution is -2.35. The third-order valence-corrected chi connectivity index (χ3v) is 4.09. The Morgan fingerprint density at radius 3 is 3.14 bits per heavy atom. The molecular formula is C14H17N7. The fraction of sp³-hybridized carbons (Fsp3) is 0.429. The van der Waals surface area contributed by atoms with E-state index >= 15 is 0 Å². The summed E-state index contributed by atoms with van der Waals surface area (Å²) in [6.07, 6.45) is 7.68. The number of anilines is 1. The van der Waals surface area contributed by atoms with Crippen molar-refractivity contribution in [2.24, 2.45) is 0 Å². The Labute approximate surface area is 122 Å². The summed E-state index contributed by atoms with van der Waals surface area (Å²) in [6.45, 7) is 4.01. The lowest BCUT2D eigenvalue weighted by atomic mass is 9.95. The summed E-state index contributed by atoms with van der Waals surface area (Å²) in [5.41, 5.74) is 3.05. The Morgan fingerprint density at radius 2 is 2.29 bits per heavy atom. The second kappa shape index (κ2) is 4.83. The lowest BCUT2D eigenvalue weighted by molar-refractivity contribution is 0.496. The zero-order valence-corrected chi connectivity index (χ0v) is 11.9. The summed E-state index contributed by atoms with van der Waals surface area (Å²) >= 11 is 0. The zero-order valence-electron chi connectivity index (χ0n) is 11.9. The highest BCUT2D eigenvalue weighted by Gasteiger charge is 2.24. The van der Waals surface area contributed by atoms with Crippen molar-refractivity contribution in [2.45, 2.75) is 25.7 Å². The zero-order chi connectivity index (χ0) is 14.2. The predicted octanol–water partition coefficient (Wildman–Crippen LogP) is 1.54. The fourth-order valence-electron chi connectivity index (χ4n) is 3.05. The molecule has 0 bridgehead atoms. The standard InChI is InChI=1S/C14H17N7/c1-10-5-12(18-17-10)11-3-2-4-20(8-11)14-7-15-6-13-19-16-9-21(13)14/h5-7,9,11H,2-4,8H2,1H3,(H,17,18). The minimum atomic E-state index is 0.454. The molecule has 7 nitrogen and oxygen atoms in total. The van der Waals surface area contributed by atoms with Crippen LogP contribution in [0.4, 0.5) is 5.82 Å². The number of piperidine rings is 1. The summed E-state index contributed by atoms with van der Waals surface area (Å²) in [6, 6.07) is 2.14. The number of H-pyrrole nitrogens is 1. The van der Waals surface area contributed by atoms with E-state index in [1.165, 1.54) is 6.42 Å². The molecule has 1 aliphatic heterocycles. The van der Waals surface area contributed by atoms with Crippen molar-refractivity contribution in [3.05, 3.63) is 36.2 Å². The molecule has 0 aromatic carbocycles. The number of nitrogens with one attached hydrogen (secondary N) is 1. The Bertz CT molecular complexity index is 759. The molecule has 1 saturated heterocycles. The number of fused-ring (bicyclic) bond motifs is 1. The summed E-state index contributed by atoms with van der Waals surface area (Å²) in [4.78, 5) is 6.62. The van der Waals surface area contributed by atoms with Crippen LogP contribution in [0.5, 0.6) is 0 Å². The summed E-state index contributed by atoms with van der Waals surface area (Å²) in [7, 11) is 0. The first-order valence-electron chi connectivity index (χ1n) is 7.22. The molecule has 21 heavy (non-hydrogen) atoms. The number of hydrogen-bond acceptors (Lipinski definition) is 5. The molecular weight excluding hydrogens is 266 g/mol. The third-order valence-electron chi connectivity index (χ3n) is 4.09. The smallest absolute Gasteiger partial charge is 0.180 e. The molecule has 1 fully saturated rings. The quantitative estimate of drug-likeness (QED) is 0.772. The average Bonchev–Trinajstić information content (AvgIpc) is 3.15. The van der Waals surface area contributed by atoms with E-state index < -0.39 is 0 Å².